The van der Waals surface area contributed by atoms with E-state index in [1.807, 2.05) is 37.3 Å². The molecular weight excluding hydrogens is 593 g/mol. The number of carbonyl (C=O) groups is 2. The van der Waals surface area contributed by atoms with Crippen molar-refractivity contribution in [3.05, 3.63) is 94.5 Å². The fraction of sp³-hybridized carbons (Fsp3) is 0.375. The number of carbonyl (C=O) groups excluding carboxylic acids is 2. The number of amides is 2. The van der Waals surface area contributed by atoms with E-state index in [1.54, 1.807) is 18.2 Å². The van der Waals surface area contributed by atoms with E-state index < -0.39 is 28.5 Å². The first-order valence-electron chi connectivity index (χ1n) is 14.4. The standard InChI is InChI=1S/C32H37Cl2N3O4S/c1-2-30(32(39)35-27-14-8-4-9-15-27)36(19-18-24-12-6-3-7-13-24)31(38)23-37(28-21-25(33)20-26(34)22-28)42(40,41)29-16-10-5-11-17-29/h3,5-7,10-13,16-17,20-22,27,30H,2,4,8-9,14-15,18-19,23H2,1H3,(H,35,39)/t30-/m0/s1. The maximum Gasteiger partial charge on any atom is 0.264 e. The molecule has 0 unspecified atom stereocenters. The zero-order chi connectivity index (χ0) is 30.1. The maximum absolute atomic E-state index is 14.2. The molecule has 1 atom stereocenters. The first kappa shape index (κ1) is 31.9. The Balaban J connectivity index is 1.68. The van der Waals surface area contributed by atoms with Crippen LogP contribution in [-0.4, -0.2) is 50.3 Å². The smallest absolute Gasteiger partial charge is 0.264 e. The van der Waals surface area contributed by atoms with Crippen LogP contribution in [0.5, 0.6) is 0 Å². The second-order valence-corrected chi connectivity index (χ2v) is 13.3. The number of halogens is 2. The predicted molar refractivity (Wildman–Crippen MR) is 168 cm³/mol. The lowest BCUT2D eigenvalue weighted by Gasteiger charge is -2.34. The quantitative estimate of drug-likeness (QED) is 0.248. The molecule has 1 N–H and O–H groups in total. The van der Waals surface area contributed by atoms with Crippen molar-refractivity contribution in [1.29, 1.82) is 0 Å². The number of sulfonamides is 1. The largest absolute Gasteiger partial charge is 0.352 e. The summed E-state index contributed by atoms with van der Waals surface area (Å²) in [6.07, 6.45) is 6.00. The average Bonchev–Trinajstić information content (AvgIpc) is 2.98. The summed E-state index contributed by atoms with van der Waals surface area (Å²) in [6.45, 7) is 1.58. The molecule has 7 nitrogen and oxygen atoms in total. The number of anilines is 1. The fourth-order valence-corrected chi connectivity index (χ4v) is 7.31. The minimum atomic E-state index is -4.19. The highest BCUT2D eigenvalue weighted by atomic mass is 35.5. The molecule has 3 aromatic rings. The summed E-state index contributed by atoms with van der Waals surface area (Å²) in [5, 5.41) is 3.63. The number of hydrogen-bond acceptors (Lipinski definition) is 4. The second kappa shape index (κ2) is 14.9. The molecule has 0 saturated heterocycles. The molecule has 0 aromatic heterocycles. The first-order valence-corrected chi connectivity index (χ1v) is 16.6. The topological polar surface area (TPSA) is 86.8 Å². The van der Waals surface area contributed by atoms with Crippen molar-refractivity contribution < 1.29 is 18.0 Å². The van der Waals surface area contributed by atoms with E-state index in [1.165, 1.54) is 35.2 Å². The third-order valence-electron chi connectivity index (χ3n) is 7.57. The number of benzene rings is 3. The molecule has 1 aliphatic carbocycles. The number of nitrogens with one attached hydrogen (secondary N) is 1. The molecule has 1 fully saturated rings. The highest BCUT2D eigenvalue weighted by Gasteiger charge is 2.34. The predicted octanol–water partition coefficient (Wildman–Crippen LogP) is 6.49. The molecule has 10 heteroatoms. The Morgan fingerprint density at radius 2 is 1.50 bits per heavy atom. The Labute approximate surface area is 258 Å². The van der Waals surface area contributed by atoms with Crippen molar-refractivity contribution in [3.63, 3.8) is 0 Å². The first-order chi connectivity index (χ1) is 20.2. The van der Waals surface area contributed by atoms with E-state index in [0.717, 1.165) is 42.0 Å². The van der Waals surface area contributed by atoms with Crippen LogP contribution in [0.3, 0.4) is 0 Å². The van der Waals surface area contributed by atoms with Crippen LogP contribution >= 0.6 is 23.2 Å². The van der Waals surface area contributed by atoms with Gasteiger partial charge in [-0.05, 0) is 61.6 Å². The van der Waals surface area contributed by atoms with Gasteiger partial charge in [0.2, 0.25) is 11.8 Å². The molecule has 0 spiro atoms. The van der Waals surface area contributed by atoms with Crippen molar-refractivity contribution in [2.24, 2.45) is 0 Å². The molecule has 42 heavy (non-hydrogen) atoms. The SMILES string of the molecule is CC[C@@H](C(=O)NC1CCCCC1)N(CCc1ccccc1)C(=O)CN(c1cc(Cl)cc(Cl)c1)S(=O)(=O)c1ccccc1. The normalized spacial score (nSPS) is 14.6. The van der Waals surface area contributed by atoms with E-state index in [2.05, 4.69) is 5.32 Å². The van der Waals surface area contributed by atoms with Gasteiger partial charge in [-0.25, -0.2) is 8.42 Å². The Bertz CT molecular complexity index is 1430. The van der Waals surface area contributed by atoms with Crippen LogP contribution in [0.25, 0.3) is 0 Å². The molecule has 2 amide bonds. The van der Waals surface area contributed by atoms with Crippen LogP contribution in [0.1, 0.15) is 51.0 Å². The van der Waals surface area contributed by atoms with E-state index in [-0.39, 0.29) is 39.1 Å². The summed E-state index contributed by atoms with van der Waals surface area (Å²) in [4.78, 5) is 29.3. The van der Waals surface area contributed by atoms with Crippen molar-refractivity contribution in [2.45, 2.75) is 68.8 Å². The van der Waals surface area contributed by atoms with Crippen LogP contribution in [0.15, 0.2) is 83.8 Å². The molecular formula is C32H37Cl2N3O4S. The molecule has 0 bridgehead atoms. The Hall–Kier alpha value is -3.07. The number of nitrogens with zero attached hydrogens (tertiary/aromatic N) is 2. The third-order valence-corrected chi connectivity index (χ3v) is 9.79. The van der Waals surface area contributed by atoms with Gasteiger partial charge in [-0.1, -0.05) is 97.9 Å². The Morgan fingerprint density at radius 1 is 0.905 bits per heavy atom. The minimum absolute atomic E-state index is 0.0202. The van der Waals surface area contributed by atoms with Gasteiger partial charge in [0.05, 0.1) is 10.6 Å². The van der Waals surface area contributed by atoms with Gasteiger partial charge in [0.15, 0.2) is 0 Å². The molecule has 0 radical (unpaired) electrons. The van der Waals surface area contributed by atoms with Crippen LogP contribution in [0, 0.1) is 0 Å². The highest BCUT2D eigenvalue weighted by Crippen LogP contribution is 2.30. The van der Waals surface area contributed by atoms with Crippen molar-refractivity contribution >= 4 is 50.7 Å². The molecule has 0 aliphatic heterocycles. The van der Waals surface area contributed by atoms with Crippen LogP contribution in [-0.2, 0) is 26.0 Å². The van der Waals surface area contributed by atoms with Crippen LogP contribution in [0.2, 0.25) is 10.0 Å². The monoisotopic (exact) mass is 629 g/mol. The molecule has 1 aliphatic rings. The summed E-state index contributed by atoms with van der Waals surface area (Å²) in [5.41, 5.74) is 1.17. The van der Waals surface area contributed by atoms with E-state index in [9.17, 15) is 18.0 Å². The summed E-state index contributed by atoms with van der Waals surface area (Å²) in [5.74, 6) is -0.707. The number of hydrogen-bond donors (Lipinski definition) is 1. The molecule has 1 saturated carbocycles. The summed E-state index contributed by atoms with van der Waals surface area (Å²) in [7, 11) is -4.19. The lowest BCUT2D eigenvalue weighted by Crippen LogP contribution is -2.54. The van der Waals surface area contributed by atoms with Gasteiger partial charge >= 0.3 is 0 Å². The van der Waals surface area contributed by atoms with E-state index >= 15 is 0 Å². The summed E-state index contributed by atoms with van der Waals surface area (Å²) >= 11 is 12.5. The maximum atomic E-state index is 14.2. The van der Waals surface area contributed by atoms with Gasteiger partial charge in [-0.15, -0.1) is 0 Å². The van der Waals surface area contributed by atoms with E-state index in [4.69, 9.17) is 23.2 Å². The van der Waals surface area contributed by atoms with Crippen molar-refractivity contribution in [1.82, 2.24) is 10.2 Å². The number of rotatable bonds is 12. The molecule has 4 rings (SSSR count). The second-order valence-electron chi connectivity index (χ2n) is 10.5. The zero-order valence-electron chi connectivity index (χ0n) is 23.7. The van der Waals surface area contributed by atoms with Crippen LogP contribution in [0.4, 0.5) is 5.69 Å². The molecule has 224 valence electrons. The zero-order valence-corrected chi connectivity index (χ0v) is 26.0. The van der Waals surface area contributed by atoms with Gasteiger partial charge in [0.25, 0.3) is 10.0 Å². The van der Waals surface area contributed by atoms with Gasteiger partial charge in [-0.3, -0.25) is 13.9 Å². The van der Waals surface area contributed by atoms with Crippen molar-refractivity contribution in [3.8, 4) is 0 Å². The summed E-state index contributed by atoms with van der Waals surface area (Å²) in [6, 6.07) is 21.3. The lowest BCUT2D eigenvalue weighted by molar-refractivity contribution is -0.140. The summed E-state index contributed by atoms with van der Waals surface area (Å²) < 4.78 is 28.9. The lowest BCUT2D eigenvalue weighted by atomic mass is 9.95. The van der Waals surface area contributed by atoms with Crippen LogP contribution < -0.4 is 9.62 Å². The van der Waals surface area contributed by atoms with Gasteiger partial charge in [0, 0.05) is 22.6 Å². The third kappa shape index (κ3) is 8.27. The van der Waals surface area contributed by atoms with Crippen molar-refractivity contribution in [2.75, 3.05) is 17.4 Å². The highest BCUT2D eigenvalue weighted by molar-refractivity contribution is 7.92. The van der Waals surface area contributed by atoms with Gasteiger partial charge in [0.1, 0.15) is 12.6 Å². The molecule has 3 aromatic carbocycles. The Morgan fingerprint density at radius 3 is 2.10 bits per heavy atom. The fourth-order valence-electron chi connectivity index (χ4n) is 5.37. The Kier molecular flexibility index (Phi) is 11.3. The van der Waals surface area contributed by atoms with E-state index in [0.29, 0.717) is 12.8 Å². The molecule has 0 heterocycles. The van der Waals surface area contributed by atoms with Gasteiger partial charge < -0.3 is 10.2 Å². The minimum Gasteiger partial charge on any atom is -0.352 e. The van der Waals surface area contributed by atoms with Gasteiger partial charge in [-0.2, -0.15) is 0 Å². The average molecular weight is 631 g/mol.